The van der Waals surface area contributed by atoms with Gasteiger partial charge in [0, 0.05) is 38.1 Å². The van der Waals surface area contributed by atoms with Crippen molar-refractivity contribution in [3.05, 3.63) is 47.6 Å². The van der Waals surface area contributed by atoms with Gasteiger partial charge in [-0.3, -0.25) is 9.69 Å². The lowest BCUT2D eigenvalue weighted by molar-refractivity contribution is -0.117. The third-order valence-electron chi connectivity index (χ3n) is 3.95. The van der Waals surface area contributed by atoms with Crippen LogP contribution in [0.4, 0.5) is 11.5 Å². The monoisotopic (exact) mass is 346 g/mol. The van der Waals surface area contributed by atoms with E-state index in [4.69, 9.17) is 11.6 Å². The van der Waals surface area contributed by atoms with Gasteiger partial charge in [0.1, 0.15) is 11.6 Å². The highest BCUT2D eigenvalue weighted by atomic mass is 35.5. The minimum Gasteiger partial charge on any atom is -0.508 e. The fourth-order valence-electron chi connectivity index (χ4n) is 2.66. The molecule has 1 aromatic heterocycles. The van der Waals surface area contributed by atoms with Crippen molar-refractivity contribution in [1.29, 1.82) is 0 Å². The van der Waals surface area contributed by atoms with E-state index in [2.05, 4.69) is 20.1 Å². The van der Waals surface area contributed by atoms with Crippen molar-refractivity contribution in [2.75, 3.05) is 42.9 Å². The molecule has 2 N–H and O–H groups in total. The van der Waals surface area contributed by atoms with Gasteiger partial charge >= 0.3 is 0 Å². The molecular formula is C17H19ClN4O2. The van der Waals surface area contributed by atoms with Gasteiger partial charge in [0.05, 0.1) is 11.6 Å². The lowest BCUT2D eigenvalue weighted by atomic mass is 10.2. The fourth-order valence-corrected chi connectivity index (χ4v) is 2.77. The van der Waals surface area contributed by atoms with Crippen molar-refractivity contribution in [2.45, 2.75) is 0 Å². The molecule has 1 aliphatic heterocycles. The van der Waals surface area contributed by atoms with E-state index in [1.54, 1.807) is 24.3 Å². The second kappa shape index (κ2) is 7.51. The lowest BCUT2D eigenvalue weighted by Gasteiger charge is -2.35. The van der Waals surface area contributed by atoms with E-state index < -0.39 is 0 Å². The Kier molecular flexibility index (Phi) is 5.17. The van der Waals surface area contributed by atoms with E-state index in [0.717, 1.165) is 31.9 Å². The molecule has 126 valence electrons. The standard InChI is InChI=1S/C17H19ClN4O2/c18-13-1-6-16(19-11-13)20-17(24)12-21-7-9-22(10-8-21)14-2-4-15(23)5-3-14/h1-6,11,23H,7-10,12H2,(H,19,20,24). The number of carbonyl (C=O) groups excluding carboxylic acids is 1. The molecule has 0 atom stereocenters. The van der Waals surface area contributed by atoms with Gasteiger partial charge in [-0.1, -0.05) is 11.6 Å². The molecule has 7 heteroatoms. The topological polar surface area (TPSA) is 68.7 Å². The normalized spacial score (nSPS) is 15.3. The number of hydrogen-bond donors (Lipinski definition) is 2. The molecule has 1 amide bonds. The number of nitrogens with one attached hydrogen (secondary N) is 1. The number of carbonyl (C=O) groups is 1. The van der Waals surface area contributed by atoms with Crippen molar-refractivity contribution in [3.8, 4) is 5.75 Å². The van der Waals surface area contributed by atoms with E-state index in [-0.39, 0.29) is 11.7 Å². The summed E-state index contributed by atoms with van der Waals surface area (Å²) in [5, 5.41) is 12.7. The summed E-state index contributed by atoms with van der Waals surface area (Å²) in [4.78, 5) is 20.5. The summed E-state index contributed by atoms with van der Waals surface area (Å²) >= 11 is 5.77. The first-order valence-corrected chi connectivity index (χ1v) is 8.16. The third kappa shape index (κ3) is 4.37. The molecule has 0 saturated carbocycles. The minimum absolute atomic E-state index is 0.0806. The van der Waals surface area contributed by atoms with Crippen LogP contribution in [0, 0.1) is 0 Å². The van der Waals surface area contributed by atoms with Crippen LogP contribution < -0.4 is 10.2 Å². The van der Waals surface area contributed by atoms with E-state index in [0.29, 0.717) is 17.4 Å². The van der Waals surface area contributed by atoms with Crippen LogP contribution in [0.1, 0.15) is 0 Å². The fraction of sp³-hybridized carbons (Fsp3) is 0.294. The third-order valence-corrected chi connectivity index (χ3v) is 4.17. The predicted molar refractivity (Wildman–Crippen MR) is 94.6 cm³/mol. The number of aromatic nitrogens is 1. The Hall–Kier alpha value is -2.31. The highest BCUT2D eigenvalue weighted by Crippen LogP contribution is 2.19. The Labute approximate surface area is 145 Å². The van der Waals surface area contributed by atoms with Crippen LogP contribution in [0.5, 0.6) is 5.75 Å². The maximum absolute atomic E-state index is 12.1. The van der Waals surface area contributed by atoms with Gasteiger partial charge in [0.25, 0.3) is 0 Å². The number of benzene rings is 1. The molecule has 0 spiro atoms. The van der Waals surface area contributed by atoms with Gasteiger partial charge in [-0.05, 0) is 36.4 Å². The zero-order valence-corrected chi connectivity index (χ0v) is 13.9. The number of amides is 1. The minimum atomic E-state index is -0.0806. The number of aromatic hydroxyl groups is 1. The average Bonchev–Trinajstić information content (AvgIpc) is 2.58. The molecule has 0 bridgehead atoms. The van der Waals surface area contributed by atoms with Gasteiger partial charge in [-0.25, -0.2) is 4.98 Å². The summed E-state index contributed by atoms with van der Waals surface area (Å²) in [6.07, 6.45) is 1.51. The Morgan fingerprint density at radius 2 is 1.83 bits per heavy atom. The summed E-state index contributed by atoms with van der Waals surface area (Å²) in [5.41, 5.74) is 1.09. The van der Waals surface area contributed by atoms with Crippen LogP contribution in [-0.4, -0.2) is 53.6 Å². The second-order valence-corrected chi connectivity index (χ2v) is 6.13. The number of anilines is 2. The number of piperazine rings is 1. The van der Waals surface area contributed by atoms with Crippen LogP contribution in [-0.2, 0) is 4.79 Å². The summed E-state index contributed by atoms with van der Waals surface area (Å²) in [6.45, 7) is 3.65. The summed E-state index contributed by atoms with van der Waals surface area (Å²) in [7, 11) is 0. The van der Waals surface area contributed by atoms with Crippen molar-refractivity contribution in [3.63, 3.8) is 0 Å². The smallest absolute Gasteiger partial charge is 0.239 e. The SMILES string of the molecule is O=C(CN1CCN(c2ccc(O)cc2)CC1)Nc1ccc(Cl)cn1. The molecule has 6 nitrogen and oxygen atoms in total. The van der Waals surface area contributed by atoms with Crippen molar-refractivity contribution in [1.82, 2.24) is 9.88 Å². The van der Waals surface area contributed by atoms with Gasteiger partial charge in [-0.2, -0.15) is 0 Å². The van der Waals surface area contributed by atoms with Gasteiger partial charge in [-0.15, -0.1) is 0 Å². The van der Waals surface area contributed by atoms with E-state index in [1.807, 2.05) is 12.1 Å². The zero-order valence-electron chi connectivity index (χ0n) is 13.2. The van der Waals surface area contributed by atoms with Crippen molar-refractivity contribution in [2.24, 2.45) is 0 Å². The van der Waals surface area contributed by atoms with Crippen molar-refractivity contribution >= 4 is 29.0 Å². The number of phenols is 1. The Balaban J connectivity index is 1.47. The van der Waals surface area contributed by atoms with Gasteiger partial charge in [0.15, 0.2) is 0 Å². The molecule has 1 fully saturated rings. The summed E-state index contributed by atoms with van der Waals surface area (Å²) < 4.78 is 0. The van der Waals surface area contributed by atoms with Crippen molar-refractivity contribution < 1.29 is 9.90 Å². The first-order chi connectivity index (χ1) is 11.6. The van der Waals surface area contributed by atoms with Gasteiger partial charge < -0.3 is 15.3 Å². The Bertz CT molecular complexity index is 683. The Morgan fingerprint density at radius 1 is 1.12 bits per heavy atom. The number of pyridine rings is 1. The zero-order chi connectivity index (χ0) is 16.9. The molecule has 0 radical (unpaired) electrons. The van der Waals surface area contributed by atoms with Crippen LogP contribution in [0.2, 0.25) is 5.02 Å². The molecule has 1 aliphatic rings. The number of nitrogens with zero attached hydrogens (tertiary/aromatic N) is 3. The Morgan fingerprint density at radius 3 is 2.46 bits per heavy atom. The van der Waals surface area contributed by atoms with E-state index >= 15 is 0 Å². The largest absolute Gasteiger partial charge is 0.508 e. The maximum atomic E-state index is 12.1. The molecule has 1 saturated heterocycles. The lowest BCUT2D eigenvalue weighted by Crippen LogP contribution is -2.48. The first kappa shape index (κ1) is 16.5. The van der Waals surface area contributed by atoms with E-state index in [1.165, 1.54) is 6.20 Å². The van der Waals surface area contributed by atoms with Crippen LogP contribution in [0.25, 0.3) is 0 Å². The quantitative estimate of drug-likeness (QED) is 0.888. The van der Waals surface area contributed by atoms with E-state index in [9.17, 15) is 9.90 Å². The molecule has 0 unspecified atom stereocenters. The summed E-state index contributed by atoms with van der Waals surface area (Å²) in [5.74, 6) is 0.694. The molecule has 3 rings (SSSR count). The number of phenolic OH excluding ortho intramolecular Hbond substituents is 1. The molecular weight excluding hydrogens is 328 g/mol. The number of rotatable bonds is 4. The predicted octanol–water partition coefficient (Wildman–Crippen LogP) is 2.20. The molecule has 1 aromatic carbocycles. The number of halogens is 1. The van der Waals surface area contributed by atoms with Crippen LogP contribution in [0.3, 0.4) is 0 Å². The molecule has 0 aliphatic carbocycles. The molecule has 24 heavy (non-hydrogen) atoms. The maximum Gasteiger partial charge on any atom is 0.239 e. The first-order valence-electron chi connectivity index (χ1n) is 7.78. The van der Waals surface area contributed by atoms with Crippen LogP contribution in [0.15, 0.2) is 42.6 Å². The van der Waals surface area contributed by atoms with Crippen LogP contribution >= 0.6 is 11.6 Å². The average molecular weight is 347 g/mol. The molecule has 2 aromatic rings. The summed E-state index contributed by atoms with van der Waals surface area (Å²) in [6, 6.07) is 10.6. The highest BCUT2D eigenvalue weighted by molar-refractivity contribution is 6.30. The second-order valence-electron chi connectivity index (χ2n) is 5.69. The molecule has 2 heterocycles. The van der Waals surface area contributed by atoms with Gasteiger partial charge in [0.2, 0.25) is 5.91 Å². The highest BCUT2D eigenvalue weighted by Gasteiger charge is 2.19. The number of hydrogen-bond acceptors (Lipinski definition) is 5.